The number of esters is 1. The number of hydrogen-bond acceptors (Lipinski definition) is 5. The van der Waals surface area contributed by atoms with Crippen LogP contribution in [0.1, 0.15) is 23.6 Å². The lowest BCUT2D eigenvalue weighted by Crippen LogP contribution is -2.30. The summed E-state index contributed by atoms with van der Waals surface area (Å²) in [6.45, 7) is 5.25. The van der Waals surface area contributed by atoms with Crippen molar-refractivity contribution in [2.24, 2.45) is 0 Å². The zero-order valence-electron chi connectivity index (χ0n) is 17.3. The lowest BCUT2D eigenvalue weighted by Gasteiger charge is -2.16. The number of nitrogens with one attached hydrogen (secondary N) is 1. The number of nitrogens with zero attached hydrogens (tertiary/aromatic N) is 2. The van der Waals surface area contributed by atoms with E-state index in [2.05, 4.69) is 5.32 Å². The molecular formula is C23H25N3O3. The molecule has 0 unspecified atom stereocenters. The van der Waals surface area contributed by atoms with Gasteiger partial charge in [-0.2, -0.15) is 5.26 Å². The zero-order chi connectivity index (χ0) is 21.6. The van der Waals surface area contributed by atoms with E-state index in [9.17, 15) is 14.9 Å². The van der Waals surface area contributed by atoms with E-state index in [1.54, 1.807) is 12.1 Å². The number of rotatable bonds is 6. The van der Waals surface area contributed by atoms with Crippen molar-refractivity contribution < 1.29 is 14.3 Å². The van der Waals surface area contributed by atoms with E-state index in [1.807, 2.05) is 69.2 Å². The topological polar surface area (TPSA) is 82.4 Å². The van der Waals surface area contributed by atoms with Crippen molar-refractivity contribution in [1.82, 2.24) is 0 Å². The molecule has 6 nitrogen and oxygen atoms in total. The average molecular weight is 391 g/mol. The summed E-state index contributed by atoms with van der Waals surface area (Å²) < 4.78 is 5.20. The van der Waals surface area contributed by atoms with Gasteiger partial charge in [-0.05, 0) is 55.7 Å². The molecular weight excluding hydrogens is 366 g/mol. The summed E-state index contributed by atoms with van der Waals surface area (Å²) in [7, 11) is 3.85. The predicted octanol–water partition coefficient (Wildman–Crippen LogP) is 3.85. The summed E-state index contributed by atoms with van der Waals surface area (Å²) in [6.07, 6.45) is 0.395. The SMILES string of the molecule is Cc1cccc(C)c1NC(=O)[C@H](C)OC(=O)/C(C#N)=C/c1ccc(N(C)C)cc1. The first kappa shape index (κ1) is 21.7. The molecule has 0 fully saturated rings. The Balaban J connectivity index is 2.08. The van der Waals surface area contributed by atoms with Crippen molar-refractivity contribution >= 4 is 29.3 Å². The van der Waals surface area contributed by atoms with E-state index in [-0.39, 0.29) is 5.57 Å². The molecule has 1 atom stereocenters. The van der Waals surface area contributed by atoms with Gasteiger partial charge in [-0.15, -0.1) is 0 Å². The van der Waals surface area contributed by atoms with Crippen molar-refractivity contribution in [1.29, 1.82) is 5.26 Å². The number of hydrogen-bond donors (Lipinski definition) is 1. The number of benzene rings is 2. The number of anilines is 2. The number of amides is 1. The quantitative estimate of drug-likeness (QED) is 0.459. The van der Waals surface area contributed by atoms with Crippen LogP contribution in [0.15, 0.2) is 48.0 Å². The fourth-order valence-corrected chi connectivity index (χ4v) is 2.69. The van der Waals surface area contributed by atoms with Gasteiger partial charge in [0.25, 0.3) is 5.91 Å². The molecule has 150 valence electrons. The maximum atomic E-state index is 12.4. The van der Waals surface area contributed by atoms with Gasteiger partial charge in [-0.3, -0.25) is 4.79 Å². The fraction of sp³-hybridized carbons (Fsp3) is 0.261. The summed E-state index contributed by atoms with van der Waals surface area (Å²) in [5, 5.41) is 12.1. The Bertz CT molecular complexity index is 950. The van der Waals surface area contributed by atoms with Crippen LogP contribution < -0.4 is 10.2 Å². The van der Waals surface area contributed by atoms with Crippen LogP contribution in [-0.2, 0) is 14.3 Å². The molecule has 0 saturated carbocycles. The first-order valence-corrected chi connectivity index (χ1v) is 9.20. The third kappa shape index (κ3) is 5.69. The Morgan fingerprint density at radius 2 is 1.69 bits per heavy atom. The number of carbonyl (C=O) groups is 2. The van der Waals surface area contributed by atoms with Crippen LogP contribution in [-0.4, -0.2) is 32.1 Å². The Labute approximate surface area is 171 Å². The number of aryl methyl sites for hydroxylation is 2. The highest BCUT2D eigenvalue weighted by Gasteiger charge is 2.21. The molecule has 0 aromatic heterocycles. The van der Waals surface area contributed by atoms with E-state index < -0.39 is 18.0 Å². The Kier molecular flexibility index (Phi) is 7.15. The Hall–Kier alpha value is -3.59. The van der Waals surface area contributed by atoms with Crippen LogP contribution in [0.5, 0.6) is 0 Å². The van der Waals surface area contributed by atoms with Gasteiger partial charge in [0.1, 0.15) is 11.6 Å². The molecule has 2 aromatic rings. The zero-order valence-corrected chi connectivity index (χ0v) is 17.3. The molecule has 0 aliphatic carbocycles. The fourth-order valence-electron chi connectivity index (χ4n) is 2.69. The van der Waals surface area contributed by atoms with E-state index in [4.69, 9.17) is 4.74 Å². The highest BCUT2D eigenvalue weighted by atomic mass is 16.5. The third-order valence-corrected chi connectivity index (χ3v) is 4.44. The van der Waals surface area contributed by atoms with E-state index >= 15 is 0 Å². The molecule has 1 amide bonds. The summed E-state index contributed by atoms with van der Waals surface area (Å²) in [4.78, 5) is 26.7. The van der Waals surface area contributed by atoms with Crippen LogP contribution in [0.25, 0.3) is 6.08 Å². The minimum Gasteiger partial charge on any atom is -0.448 e. The average Bonchev–Trinajstić information content (AvgIpc) is 2.69. The minimum absolute atomic E-state index is 0.172. The normalized spacial score (nSPS) is 11.9. The van der Waals surface area contributed by atoms with Crippen molar-refractivity contribution in [2.45, 2.75) is 26.9 Å². The van der Waals surface area contributed by atoms with Crippen LogP contribution in [0.3, 0.4) is 0 Å². The summed E-state index contributed by atoms with van der Waals surface area (Å²) >= 11 is 0. The first-order valence-electron chi connectivity index (χ1n) is 9.20. The van der Waals surface area contributed by atoms with Gasteiger partial charge in [-0.25, -0.2) is 4.79 Å². The van der Waals surface area contributed by atoms with Crippen LogP contribution in [0.4, 0.5) is 11.4 Å². The van der Waals surface area contributed by atoms with Gasteiger partial charge in [0.05, 0.1) is 0 Å². The van der Waals surface area contributed by atoms with Gasteiger partial charge in [-0.1, -0.05) is 30.3 Å². The number of para-hydroxylation sites is 1. The van der Waals surface area contributed by atoms with Crippen LogP contribution in [0, 0.1) is 25.2 Å². The molecule has 2 aromatic carbocycles. The lowest BCUT2D eigenvalue weighted by atomic mass is 10.1. The Morgan fingerprint density at radius 1 is 1.10 bits per heavy atom. The lowest BCUT2D eigenvalue weighted by molar-refractivity contribution is -0.148. The number of ether oxygens (including phenoxy) is 1. The second kappa shape index (κ2) is 9.56. The van der Waals surface area contributed by atoms with E-state index in [0.717, 1.165) is 16.8 Å². The second-order valence-corrected chi connectivity index (χ2v) is 6.96. The molecule has 0 heterocycles. The highest BCUT2D eigenvalue weighted by molar-refractivity contribution is 6.01. The smallest absolute Gasteiger partial charge is 0.349 e. The molecule has 0 aliphatic rings. The maximum Gasteiger partial charge on any atom is 0.349 e. The van der Waals surface area contributed by atoms with Gasteiger partial charge in [0, 0.05) is 25.5 Å². The maximum absolute atomic E-state index is 12.4. The molecule has 0 radical (unpaired) electrons. The molecule has 29 heavy (non-hydrogen) atoms. The second-order valence-electron chi connectivity index (χ2n) is 6.96. The monoisotopic (exact) mass is 391 g/mol. The number of nitriles is 1. The van der Waals surface area contributed by atoms with E-state index in [1.165, 1.54) is 13.0 Å². The summed E-state index contributed by atoms with van der Waals surface area (Å²) in [5.74, 6) is -1.29. The third-order valence-electron chi connectivity index (χ3n) is 4.44. The van der Waals surface area contributed by atoms with Gasteiger partial charge >= 0.3 is 5.97 Å². The van der Waals surface area contributed by atoms with Gasteiger partial charge in [0.15, 0.2) is 6.10 Å². The van der Waals surface area contributed by atoms with Crippen LogP contribution >= 0.6 is 0 Å². The largest absolute Gasteiger partial charge is 0.448 e. The molecule has 0 spiro atoms. The molecule has 6 heteroatoms. The minimum atomic E-state index is -1.05. The summed E-state index contributed by atoms with van der Waals surface area (Å²) in [5.41, 5.74) is 4.04. The highest BCUT2D eigenvalue weighted by Crippen LogP contribution is 2.20. The molecule has 0 saturated heterocycles. The molecule has 0 bridgehead atoms. The van der Waals surface area contributed by atoms with Gasteiger partial charge < -0.3 is 15.0 Å². The molecule has 1 N–H and O–H groups in total. The standard InChI is InChI=1S/C23H25N3O3/c1-15-7-6-8-16(2)21(15)25-22(27)17(3)29-23(28)19(14-24)13-18-9-11-20(12-10-18)26(4)5/h6-13,17H,1-5H3,(H,25,27)/b19-13+/t17-/m0/s1. The number of carbonyl (C=O) groups excluding carboxylic acids is 2. The first-order chi connectivity index (χ1) is 13.7. The Morgan fingerprint density at radius 3 is 2.21 bits per heavy atom. The van der Waals surface area contributed by atoms with Crippen molar-refractivity contribution in [2.75, 3.05) is 24.3 Å². The van der Waals surface area contributed by atoms with Gasteiger partial charge in [0.2, 0.25) is 0 Å². The molecule has 2 rings (SSSR count). The summed E-state index contributed by atoms with van der Waals surface area (Å²) in [6, 6.07) is 14.9. The van der Waals surface area contributed by atoms with Crippen molar-refractivity contribution in [3.63, 3.8) is 0 Å². The van der Waals surface area contributed by atoms with Crippen LogP contribution in [0.2, 0.25) is 0 Å². The predicted molar refractivity (Wildman–Crippen MR) is 114 cm³/mol. The van der Waals surface area contributed by atoms with E-state index in [0.29, 0.717) is 11.3 Å². The van der Waals surface area contributed by atoms with Crippen molar-refractivity contribution in [3.05, 3.63) is 64.7 Å². The van der Waals surface area contributed by atoms with Crippen molar-refractivity contribution in [3.8, 4) is 6.07 Å². The molecule has 0 aliphatic heterocycles.